The van der Waals surface area contributed by atoms with Gasteiger partial charge in [0.1, 0.15) is 5.82 Å². The molecule has 0 bridgehead atoms. The lowest BCUT2D eigenvalue weighted by Crippen LogP contribution is -2.16. The van der Waals surface area contributed by atoms with Gasteiger partial charge in [-0.05, 0) is 42.0 Å². The number of aromatic carboxylic acids is 1. The Kier molecular flexibility index (Phi) is 3.80. The van der Waals surface area contributed by atoms with E-state index in [0.29, 0.717) is 6.54 Å². The van der Waals surface area contributed by atoms with Crippen molar-refractivity contribution in [2.24, 2.45) is 0 Å². The number of rotatable bonds is 4. The number of halogens is 1. The molecule has 0 spiro atoms. The molecule has 2 aromatic rings. The third kappa shape index (κ3) is 3.31. The molecule has 0 aromatic heterocycles. The summed E-state index contributed by atoms with van der Waals surface area (Å²) in [6.07, 6.45) is 0. The van der Waals surface area contributed by atoms with Crippen LogP contribution in [-0.2, 0) is 6.54 Å². The summed E-state index contributed by atoms with van der Waals surface area (Å²) in [4.78, 5) is 12.7. The molecule has 0 atom stereocenters. The molecule has 4 heteroatoms. The van der Waals surface area contributed by atoms with Crippen LogP contribution in [-0.4, -0.2) is 18.1 Å². The average molecular weight is 259 g/mol. The fourth-order valence-electron chi connectivity index (χ4n) is 1.86. The van der Waals surface area contributed by atoms with Gasteiger partial charge in [-0.1, -0.05) is 12.1 Å². The number of hydrogen-bond acceptors (Lipinski definition) is 2. The van der Waals surface area contributed by atoms with Gasteiger partial charge in [-0.25, -0.2) is 9.18 Å². The Morgan fingerprint density at radius 3 is 2.47 bits per heavy atom. The highest BCUT2D eigenvalue weighted by atomic mass is 19.1. The molecule has 0 aliphatic rings. The molecule has 0 heterocycles. The van der Waals surface area contributed by atoms with Crippen molar-refractivity contribution in [3.8, 4) is 0 Å². The van der Waals surface area contributed by atoms with E-state index < -0.39 is 5.97 Å². The molecule has 0 aliphatic carbocycles. The number of carbonyl (C=O) groups is 1. The minimum absolute atomic E-state index is 0.253. The molecule has 2 rings (SSSR count). The number of carboxylic acids is 1. The van der Waals surface area contributed by atoms with Crippen molar-refractivity contribution >= 4 is 11.7 Å². The first kappa shape index (κ1) is 13.1. The van der Waals surface area contributed by atoms with Crippen LogP contribution in [0.1, 0.15) is 15.9 Å². The second kappa shape index (κ2) is 5.52. The molecular weight excluding hydrogens is 245 g/mol. The van der Waals surface area contributed by atoms with Gasteiger partial charge in [0.25, 0.3) is 0 Å². The smallest absolute Gasteiger partial charge is 0.335 e. The van der Waals surface area contributed by atoms with Gasteiger partial charge < -0.3 is 10.0 Å². The van der Waals surface area contributed by atoms with Crippen molar-refractivity contribution in [3.05, 3.63) is 65.5 Å². The number of carboxylic acid groups (broad SMARTS) is 1. The number of anilines is 1. The first-order valence-corrected chi connectivity index (χ1v) is 5.85. The summed E-state index contributed by atoms with van der Waals surface area (Å²) >= 11 is 0. The fourth-order valence-corrected chi connectivity index (χ4v) is 1.86. The summed E-state index contributed by atoms with van der Waals surface area (Å²) in [6.45, 7) is 0.560. The van der Waals surface area contributed by atoms with Gasteiger partial charge in [0.05, 0.1) is 5.56 Å². The summed E-state index contributed by atoms with van der Waals surface area (Å²) < 4.78 is 13.1. The minimum Gasteiger partial charge on any atom is -0.478 e. The highest BCUT2D eigenvalue weighted by molar-refractivity contribution is 5.88. The Bertz CT molecular complexity index is 581. The van der Waals surface area contributed by atoms with Crippen LogP contribution in [0.3, 0.4) is 0 Å². The van der Waals surface area contributed by atoms with Crippen molar-refractivity contribution in [1.29, 1.82) is 0 Å². The topological polar surface area (TPSA) is 40.5 Å². The Morgan fingerprint density at radius 1 is 1.21 bits per heavy atom. The van der Waals surface area contributed by atoms with Gasteiger partial charge in [-0.2, -0.15) is 0 Å². The summed E-state index contributed by atoms with van der Waals surface area (Å²) in [7, 11) is 1.88. The standard InChI is InChI=1S/C15H14FNO2/c1-17(10-11-3-2-4-13(16)9-11)14-7-5-12(6-8-14)15(18)19/h2-9H,10H2,1H3,(H,18,19). The van der Waals surface area contributed by atoms with E-state index in [1.165, 1.54) is 12.1 Å². The third-order valence-corrected chi connectivity index (χ3v) is 2.86. The van der Waals surface area contributed by atoms with E-state index in [0.717, 1.165) is 11.3 Å². The quantitative estimate of drug-likeness (QED) is 0.916. The Hall–Kier alpha value is -2.36. The minimum atomic E-state index is -0.945. The maximum atomic E-state index is 13.1. The van der Waals surface area contributed by atoms with E-state index in [-0.39, 0.29) is 11.4 Å². The average Bonchev–Trinajstić information content (AvgIpc) is 2.39. The van der Waals surface area contributed by atoms with Gasteiger partial charge in [-0.3, -0.25) is 0 Å². The maximum Gasteiger partial charge on any atom is 0.335 e. The van der Waals surface area contributed by atoms with Crippen molar-refractivity contribution in [1.82, 2.24) is 0 Å². The summed E-state index contributed by atoms with van der Waals surface area (Å²) in [5.74, 6) is -1.20. The zero-order chi connectivity index (χ0) is 13.8. The molecular formula is C15H14FNO2. The fraction of sp³-hybridized carbons (Fsp3) is 0.133. The van der Waals surface area contributed by atoms with Gasteiger partial charge in [0, 0.05) is 19.3 Å². The van der Waals surface area contributed by atoms with Crippen LogP contribution in [0.4, 0.5) is 10.1 Å². The SMILES string of the molecule is CN(Cc1cccc(F)c1)c1ccc(C(=O)O)cc1. The Morgan fingerprint density at radius 2 is 1.89 bits per heavy atom. The van der Waals surface area contributed by atoms with Crippen LogP contribution in [0.25, 0.3) is 0 Å². The predicted molar refractivity (Wildman–Crippen MR) is 71.9 cm³/mol. The molecule has 3 nitrogen and oxygen atoms in total. The van der Waals surface area contributed by atoms with Crippen molar-refractivity contribution < 1.29 is 14.3 Å². The van der Waals surface area contributed by atoms with Crippen LogP contribution in [0.5, 0.6) is 0 Å². The van der Waals surface area contributed by atoms with E-state index in [9.17, 15) is 9.18 Å². The summed E-state index contributed by atoms with van der Waals surface area (Å²) in [5, 5.41) is 8.82. The summed E-state index contributed by atoms with van der Waals surface area (Å²) in [5.41, 5.74) is 2.00. The molecule has 0 saturated carbocycles. The molecule has 0 fully saturated rings. The molecule has 0 radical (unpaired) electrons. The van der Waals surface area contributed by atoms with E-state index in [2.05, 4.69) is 0 Å². The van der Waals surface area contributed by atoms with Crippen LogP contribution in [0.15, 0.2) is 48.5 Å². The number of nitrogens with zero attached hydrogens (tertiary/aromatic N) is 1. The van der Waals surface area contributed by atoms with Gasteiger partial charge in [0.2, 0.25) is 0 Å². The normalized spacial score (nSPS) is 10.2. The van der Waals surface area contributed by atoms with E-state index in [1.54, 1.807) is 30.3 Å². The van der Waals surface area contributed by atoms with Crippen LogP contribution >= 0.6 is 0 Å². The largest absolute Gasteiger partial charge is 0.478 e. The van der Waals surface area contributed by atoms with Crippen molar-refractivity contribution in [2.45, 2.75) is 6.54 Å². The van der Waals surface area contributed by atoms with Crippen molar-refractivity contribution in [3.63, 3.8) is 0 Å². The molecule has 2 aromatic carbocycles. The molecule has 19 heavy (non-hydrogen) atoms. The van der Waals surface area contributed by atoms with E-state index >= 15 is 0 Å². The molecule has 98 valence electrons. The zero-order valence-electron chi connectivity index (χ0n) is 10.5. The Labute approximate surface area is 110 Å². The number of benzene rings is 2. The van der Waals surface area contributed by atoms with E-state index in [4.69, 9.17) is 5.11 Å². The second-order valence-electron chi connectivity index (χ2n) is 4.34. The first-order chi connectivity index (χ1) is 9.06. The molecule has 0 amide bonds. The second-order valence-corrected chi connectivity index (χ2v) is 4.34. The lowest BCUT2D eigenvalue weighted by atomic mass is 10.1. The first-order valence-electron chi connectivity index (χ1n) is 5.85. The predicted octanol–water partition coefficient (Wildman–Crippen LogP) is 3.16. The maximum absolute atomic E-state index is 13.1. The lowest BCUT2D eigenvalue weighted by Gasteiger charge is -2.19. The van der Waals surface area contributed by atoms with Crippen LogP contribution in [0.2, 0.25) is 0 Å². The monoisotopic (exact) mass is 259 g/mol. The third-order valence-electron chi connectivity index (χ3n) is 2.86. The molecule has 0 saturated heterocycles. The molecule has 0 aliphatic heterocycles. The van der Waals surface area contributed by atoms with Crippen LogP contribution < -0.4 is 4.90 Å². The van der Waals surface area contributed by atoms with Gasteiger partial charge in [0.15, 0.2) is 0 Å². The summed E-state index contributed by atoms with van der Waals surface area (Å²) in [6, 6.07) is 13.0. The van der Waals surface area contributed by atoms with E-state index in [1.807, 2.05) is 18.0 Å². The highest BCUT2D eigenvalue weighted by Gasteiger charge is 2.05. The lowest BCUT2D eigenvalue weighted by molar-refractivity contribution is 0.0697. The number of hydrogen-bond donors (Lipinski definition) is 1. The van der Waals surface area contributed by atoms with Crippen molar-refractivity contribution in [2.75, 3.05) is 11.9 Å². The molecule has 1 N–H and O–H groups in total. The van der Waals surface area contributed by atoms with Gasteiger partial charge >= 0.3 is 5.97 Å². The molecule has 0 unspecified atom stereocenters. The zero-order valence-corrected chi connectivity index (χ0v) is 10.5. The highest BCUT2D eigenvalue weighted by Crippen LogP contribution is 2.17. The van der Waals surface area contributed by atoms with Crippen LogP contribution in [0, 0.1) is 5.82 Å². The van der Waals surface area contributed by atoms with Gasteiger partial charge in [-0.15, -0.1) is 0 Å². The Balaban J connectivity index is 2.11.